The van der Waals surface area contributed by atoms with Gasteiger partial charge in [-0.25, -0.2) is 9.78 Å². The van der Waals surface area contributed by atoms with Crippen LogP contribution in [0.15, 0.2) is 34.9 Å². The average molecular weight is 308 g/mol. The molecule has 0 aliphatic carbocycles. The minimum absolute atomic E-state index is 0.0729. The molecule has 1 N–H and O–H groups in total. The van der Waals surface area contributed by atoms with Crippen LogP contribution in [0.25, 0.3) is 0 Å². The molecule has 3 rings (SSSR count). The van der Waals surface area contributed by atoms with E-state index in [1.165, 1.54) is 6.26 Å². The van der Waals surface area contributed by atoms with Gasteiger partial charge >= 0.3 is 5.97 Å². The van der Waals surface area contributed by atoms with Crippen LogP contribution in [0.1, 0.15) is 34.6 Å². The quantitative estimate of drug-likeness (QED) is 0.883. The molecule has 2 heterocycles. The van der Waals surface area contributed by atoms with Crippen molar-refractivity contribution in [2.24, 2.45) is 5.92 Å². The normalized spacial score (nSPS) is 22.5. The lowest BCUT2D eigenvalue weighted by Crippen LogP contribution is -2.37. The highest BCUT2D eigenvalue weighted by atomic mass is 35.5. The van der Waals surface area contributed by atoms with Crippen molar-refractivity contribution in [3.63, 3.8) is 0 Å². The number of oxazole rings is 1. The van der Waals surface area contributed by atoms with Crippen molar-refractivity contribution in [1.29, 1.82) is 0 Å². The number of nitrogens with zero attached hydrogens (tertiary/aromatic N) is 1. The molecule has 3 atom stereocenters. The summed E-state index contributed by atoms with van der Waals surface area (Å²) in [4.78, 5) is 16.0. The number of carbonyl (C=O) groups is 1. The zero-order valence-corrected chi connectivity index (χ0v) is 12.1. The molecule has 5 nitrogen and oxygen atoms in total. The smallest absolute Gasteiger partial charge is 0.338 e. The molecule has 0 spiro atoms. The average Bonchev–Trinajstić information content (AvgIpc) is 2.88. The molecule has 1 aliphatic rings. The molecule has 21 heavy (non-hydrogen) atoms. The molecule has 0 unspecified atom stereocenters. The van der Waals surface area contributed by atoms with Gasteiger partial charge in [-0.1, -0.05) is 25.1 Å². The van der Waals surface area contributed by atoms with E-state index in [1.54, 1.807) is 24.3 Å². The third kappa shape index (κ3) is 2.66. The van der Waals surface area contributed by atoms with Crippen LogP contribution in [-0.4, -0.2) is 22.2 Å². The van der Waals surface area contributed by atoms with Crippen molar-refractivity contribution in [1.82, 2.24) is 4.98 Å². The fraction of sp³-hybridized carbons (Fsp3) is 0.333. The second kappa shape index (κ2) is 5.50. The summed E-state index contributed by atoms with van der Waals surface area (Å²) in [7, 11) is 0. The Morgan fingerprint density at radius 1 is 1.43 bits per heavy atom. The number of fused-ring (bicyclic) bond motifs is 1. The Labute approximate surface area is 126 Å². The number of aromatic nitrogens is 1. The zero-order valence-electron chi connectivity index (χ0n) is 11.3. The fourth-order valence-corrected chi connectivity index (χ4v) is 2.77. The van der Waals surface area contributed by atoms with Gasteiger partial charge in [0.1, 0.15) is 18.5 Å². The Morgan fingerprint density at radius 2 is 2.19 bits per heavy atom. The van der Waals surface area contributed by atoms with Gasteiger partial charge in [-0.2, -0.15) is 0 Å². The standard InChI is InChI=1S/C15H14ClNO4/c1-8(6-9-7-20-15(16)17-9)13-12(18)10-4-2-3-5-11(10)14(19)21-13/h2-5,7-8,12-13,18H,6H2,1H3/t8-,12+,13+/m0/s1. The largest absolute Gasteiger partial charge is 0.455 e. The van der Waals surface area contributed by atoms with Crippen molar-refractivity contribution in [3.05, 3.63) is 52.7 Å². The number of hydrogen-bond acceptors (Lipinski definition) is 5. The van der Waals surface area contributed by atoms with Crippen LogP contribution < -0.4 is 0 Å². The SMILES string of the molecule is C[C@@H](Cc1coc(Cl)n1)[C@H]1OC(=O)c2ccccc2[C@H]1O. The number of aliphatic hydroxyl groups excluding tert-OH is 1. The maximum Gasteiger partial charge on any atom is 0.338 e. The third-order valence-corrected chi connectivity index (χ3v) is 3.84. The van der Waals surface area contributed by atoms with Crippen molar-refractivity contribution < 1.29 is 19.1 Å². The number of hydrogen-bond donors (Lipinski definition) is 1. The van der Waals surface area contributed by atoms with Gasteiger partial charge in [-0.05, 0) is 29.7 Å². The van der Waals surface area contributed by atoms with Crippen LogP contribution in [0.5, 0.6) is 0 Å². The highest BCUT2D eigenvalue weighted by Gasteiger charge is 2.37. The van der Waals surface area contributed by atoms with E-state index in [-0.39, 0.29) is 11.3 Å². The molecular weight excluding hydrogens is 294 g/mol. The first-order valence-electron chi connectivity index (χ1n) is 6.64. The number of aliphatic hydroxyl groups is 1. The fourth-order valence-electron chi connectivity index (χ4n) is 2.62. The van der Waals surface area contributed by atoms with Crippen molar-refractivity contribution in [3.8, 4) is 0 Å². The van der Waals surface area contributed by atoms with Crippen LogP contribution >= 0.6 is 11.6 Å². The lowest BCUT2D eigenvalue weighted by molar-refractivity contribution is -0.0509. The van der Waals surface area contributed by atoms with E-state index in [1.807, 2.05) is 6.92 Å². The lowest BCUT2D eigenvalue weighted by Gasteiger charge is -2.33. The molecular formula is C15H14ClNO4. The molecule has 0 fully saturated rings. The van der Waals surface area contributed by atoms with Gasteiger partial charge in [0, 0.05) is 5.92 Å². The number of halogens is 1. The summed E-state index contributed by atoms with van der Waals surface area (Å²) in [5, 5.41) is 10.5. The predicted molar refractivity (Wildman–Crippen MR) is 75.0 cm³/mol. The van der Waals surface area contributed by atoms with E-state index >= 15 is 0 Å². The van der Waals surface area contributed by atoms with Crippen LogP contribution in [0, 0.1) is 5.92 Å². The van der Waals surface area contributed by atoms with Crippen molar-refractivity contribution in [2.45, 2.75) is 25.6 Å². The summed E-state index contributed by atoms with van der Waals surface area (Å²) >= 11 is 5.64. The molecule has 0 saturated carbocycles. The van der Waals surface area contributed by atoms with Gasteiger partial charge in [0.15, 0.2) is 0 Å². The van der Waals surface area contributed by atoms with Crippen molar-refractivity contribution in [2.75, 3.05) is 0 Å². The van der Waals surface area contributed by atoms with Crippen molar-refractivity contribution >= 4 is 17.6 Å². The zero-order chi connectivity index (χ0) is 15.0. The highest BCUT2D eigenvalue weighted by Crippen LogP contribution is 2.34. The van der Waals surface area contributed by atoms with E-state index in [0.717, 1.165) is 0 Å². The number of cyclic esters (lactones) is 1. The minimum atomic E-state index is -0.851. The summed E-state index contributed by atoms with van der Waals surface area (Å²) in [6.07, 6.45) is 0.483. The summed E-state index contributed by atoms with van der Waals surface area (Å²) in [5.41, 5.74) is 1.68. The summed E-state index contributed by atoms with van der Waals surface area (Å²) in [6.45, 7) is 1.89. The maximum atomic E-state index is 12.0. The number of carbonyl (C=O) groups excluding carboxylic acids is 1. The number of benzene rings is 1. The summed E-state index contributed by atoms with van der Waals surface area (Å²) in [6, 6.07) is 6.93. The molecule has 0 amide bonds. The van der Waals surface area contributed by atoms with Gasteiger partial charge in [0.05, 0.1) is 11.3 Å². The maximum absolute atomic E-state index is 12.0. The summed E-state index contributed by atoms with van der Waals surface area (Å²) in [5.74, 6) is -0.538. The van der Waals surface area contributed by atoms with E-state index in [4.69, 9.17) is 20.8 Å². The topological polar surface area (TPSA) is 72.6 Å². The molecule has 1 aromatic heterocycles. The second-order valence-electron chi connectivity index (χ2n) is 5.18. The van der Waals surface area contributed by atoms with Gasteiger partial charge in [-0.15, -0.1) is 0 Å². The van der Waals surface area contributed by atoms with Crippen LogP contribution in [-0.2, 0) is 11.2 Å². The Morgan fingerprint density at radius 3 is 2.90 bits per heavy atom. The monoisotopic (exact) mass is 307 g/mol. The first-order valence-corrected chi connectivity index (χ1v) is 7.02. The first kappa shape index (κ1) is 14.1. The Kier molecular flexibility index (Phi) is 3.69. The molecule has 6 heteroatoms. The van der Waals surface area contributed by atoms with Gasteiger partial charge in [0.2, 0.25) is 0 Å². The summed E-state index contributed by atoms with van der Waals surface area (Å²) < 4.78 is 10.3. The molecule has 2 aromatic rings. The predicted octanol–water partition coefficient (Wildman–Crippen LogP) is 2.78. The van der Waals surface area contributed by atoms with E-state index in [2.05, 4.69) is 4.98 Å². The molecule has 0 bridgehead atoms. The Hall–Kier alpha value is -1.85. The lowest BCUT2D eigenvalue weighted by atomic mass is 9.87. The van der Waals surface area contributed by atoms with E-state index in [0.29, 0.717) is 23.2 Å². The van der Waals surface area contributed by atoms with Gasteiger partial charge < -0.3 is 14.3 Å². The number of ether oxygens (including phenoxy) is 1. The number of rotatable bonds is 3. The van der Waals surface area contributed by atoms with E-state index in [9.17, 15) is 9.90 Å². The molecule has 1 aromatic carbocycles. The first-order chi connectivity index (χ1) is 10.1. The van der Waals surface area contributed by atoms with Gasteiger partial charge in [0.25, 0.3) is 5.35 Å². The Bertz CT molecular complexity index is 669. The minimum Gasteiger partial charge on any atom is -0.455 e. The van der Waals surface area contributed by atoms with Crippen LogP contribution in [0.4, 0.5) is 0 Å². The van der Waals surface area contributed by atoms with E-state index < -0.39 is 18.2 Å². The van der Waals surface area contributed by atoms with Crippen LogP contribution in [0.2, 0.25) is 5.35 Å². The number of esters is 1. The van der Waals surface area contributed by atoms with Crippen LogP contribution in [0.3, 0.4) is 0 Å². The second-order valence-corrected chi connectivity index (χ2v) is 5.50. The molecule has 0 saturated heterocycles. The highest BCUT2D eigenvalue weighted by molar-refractivity contribution is 6.27. The molecule has 0 radical (unpaired) electrons. The third-order valence-electron chi connectivity index (χ3n) is 3.67. The molecule has 1 aliphatic heterocycles. The Balaban J connectivity index is 1.82. The molecule has 110 valence electrons. The van der Waals surface area contributed by atoms with Gasteiger partial charge in [-0.3, -0.25) is 0 Å².